The maximum absolute atomic E-state index is 6.59. The van der Waals surface area contributed by atoms with Gasteiger partial charge in [-0.25, -0.2) is 4.98 Å². The molecule has 5 nitrogen and oxygen atoms in total. The van der Waals surface area contributed by atoms with Crippen molar-refractivity contribution in [3.8, 4) is 33.7 Å². The molecule has 0 radical (unpaired) electrons. The molecule has 0 spiro atoms. The van der Waals surface area contributed by atoms with E-state index < -0.39 is 0 Å². The Labute approximate surface area is 309 Å². The first kappa shape index (κ1) is 30.3. The minimum Gasteiger partial charge on any atom is -0.456 e. The third-order valence-electron chi connectivity index (χ3n) is 10.3. The summed E-state index contributed by atoms with van der Waals surface area (Å²) in [5.74, 6) is 0.584. The lowest BCUT2D eigenvalue weighted by atomic mass is 10.0. The van der Waals surface area contributed by atoms with Crippen molar-refractivity contribution in [3.63, 3.8) is 0 Å². The Hall–Kier alpha value is -7.37. The van der Waals surface area contributed by atoms with Crippen LogP contribution in [-0.2, 0) is 0 Å². The van der Waals surface area contributed by atoms with Gasteiger partial charge in [-0.1, -0.05) is 109 Å². The molecule has 0 aliphatic rings. The van der Waals surface area contributed by atoms with Gasteiger partial charge in [0.05, 0.1) is 5.39 Å². The minimum atomic E-state index is 0.584. The molecule has 0 N–H and O–H groups in total. The molecule has 0 aliphatic carbocycles. The van der Waals surface area contributed by atoms with E-state index in [1.54, 1.807) is 0 Å². The maximum atomic E-state index is 6.59. The van der Waals surface area contributed by atoms with Crippen LogP contribution in [0.1, 0.15) is 0 Å². The van der Waals surface area contributed by atoms with Gasteiger partial charge in [0, 0.05) is 44.3 Å². The lowest BCUT2D eigenvalue weighted by Crippen LogP contribution is -2.09. The quantitative estimate of drug-likeness (QED) is 0.173. The highest BCUT2D eigenvalue weighted by atomic mass is 16.4. The van der Waals surface area contributed by atoms with Crippen LogP contribution in [0.25, 0.3) is 88.7 Å². The van der Waals surface area contributed by atoms with E-state index in [2.05, 4.69) is 120 Å². The normalized spacial score (nSPS) is 11.7. The van der Waals surface area contributed by atoms with Crippen molar-refractivity contribution in [1.29, 1.82) is 0 Å². The van der Waals surface area contributed by atoms with E-state index in [1.807, 2.05) is 66.7 Å². The number of oxazole rings is 1. The zero-order valence-electron chi connectivity index (χ0n) is 28.9. The highest BCUT2D eigenvalue weighted by Crippen LogP contribution is 2.44. The largest absolute Gasteiger partial charge is 0.456 e. The lowest BCUT2D eigenvalue weighted by molar-refractivity contribution is 0.619. The Balaban J connectivity index is 1.06. The van der Waals surface area contributed by atoms with Gasteiger partial charge in [0.25, 0.3) is 0 Å². The van der Waals surface area contributed by atoms with Crippen molar-refractivity contribution in [2.75, 3.05) is 4.90 Å². The molecule has 0 amide bonds. The molecule has 0 fully saturated rings. The number of anilines is 3. The van der Waals surface area contributed by atoms with E-state index in [1.165, 1.54) is 11.1 Å². The summed E-state index contributed by atoms with van der Waals surface area (Å²) in [4.78, 5) is 7.29. The maximum Gasteiger partial charge on any atom is 0.227 e. The minimum absolute atomic E-state index is 0.584. The molecule has 5 heteroatoms. The molecule has 0 unspecified atom stereocenters. The SMILES string of the molecule is c1ccc(-c2ccc(N(c3ccc(-c4cc5oc(-c6ccccc6)nc5c5c4oc4ccccc45)cc3)c3ccc4oc5ccccc5c4c3)cc2)cc1. The van der Waals surface area contributed by atoms with Gasteiger partial charge in [-0.15, -0.1) is 0 Å². The van der Waals surface area contributed by atoms with Gasteiger partial charge in [0.15, 0.2) is 5.58 Å². The molecule has 0 saturated heterocycles. The van der Waals surface area contributed by atoms with Crippen molar-refractivity contribution >= 4 is 72.0 Å². The fourth-order valence-corrected chi connectivity index (χ4v) is 7.72. The Bertz CT molecular complexity index is 3140. The van der Waals surface area contributed by atoms with Gasteiger partial charge in [-0.2, -0.15) is 0 Å². The summed E-state index contributed by atoms with van der Waals surface area (Å²) < 4.78 is 19.2. The van der Waals surface area contributed by atoms with Crippen molar-refractivity contribution in [2.45, 2.75) is 0 Å². The number of aromatic nitrogens is 1. The first-order valence-electron chi connectivity index (χ1n) is 18.0. The van der Waals surface area contributed by atoms with E-state index in [0.717, 1.165) is 83.1 Å². The predicted molar refractivity (Wildman–Crippen MR) is 220 cm³/mol. The van der Waals surface area contributed by atoms with E-state index in [-0.39, 0.29) is 0 Å². The Morgan fingerprint density at radius 2 is 0.926 bits per heavy atom. The molecule has 54 heavy (non-hydrogen) atoms. The highest BCUT2D eigenvalue weighted by Gasteiger charge is 2.22. The third kappa shape index (κ3) is 4.90. The summed E-state index contributed by atoms with van der Waals surface area (Å²) in [6.45, 7) is 0. The van der Waals surface area contributed by atoms with E-state index in [9.17, 15) is 0 Å². The Morgan fingerprint density at radius 3 is 1.65 bits per heavy atom. The number of rotatable bonds is 6. The number of nitrogens with zero attached hydrogens (tertiary/aromatic N) is 2. The molecule has 0 aliphatic heterocycles. The average Bonchev–Trinajstić information content (AvgIpc) is 3.95. The van der Waals surface area contributed by atoms with Crippen LogP contribution in [0.2, 0.25) is 0 Å². The van der Waals surface area contributed by atoms with Crippen molar-refractivity contribution in [1.82, 2.24) is 4.98 Å². The molecular formula is C49H30N2O3. The van der Waals surface area contributed by atoms with Gasteiger partial charge in [-0.05, 0) is 89.5 Å². The molecule has 3 aromatic heterocycles. The number of fused-ring (bicyclic) bond motifs is 8. The molecule has 8 aromatic carbocycles. The summed E-state index contributed by atoms with van der Waals surface area (Å²) in [7, 11) is 0. The molecule has 11 rings (SSSR count). The third-order valence-corrected chi connectivity index (χ3v) is 10.3. The Morgan fingerprint density at radius 1 is 0.370 bits per heavy atom. The standard InChI is InChI=1S/C49H30N2O3/c1-3-11-31(12-4-1)32-19-23-35(24-20-32)51(37-27-28-44-41(29-37)38-15-7-9-17-42(38)52-44)36-25-21-33(22-26-36)40-30-45-47(50-49(54-45)34-13-5-2-6-14-34)46-39-16-8-10-18-43(39)53-48(40)46/h1-30H. The highest BCUT2D eigenvalue weighted by molar-refractivity contribution is 6.20. The van der Waals surface area contributed by atoms with Crippen molar-refractivity contribution in [2.24, 2.45) is 0 Å². The van der Waals surface area contributed by atoms with Gasteiger partial charge in [0.2, 0.25) is 5.89 Å². The van der Waals surface area contributed by atoms with Crippen molar-refractivity contribution < 1.29 is 13.3 Å². The Kier molecular flexibility index (Phi) is 6.79. The second kappa shape index (κ2) is 12.1. The fraction of sp³-hybridized carbons (Fsp3) is 0. The lowest BCUT2D eigenvalue weighted by Gasteiger charge is -2.26. The molecule has 0 bridgehead atoms. The number of benzene rings is 8. The summed E-state index contributed by atoms with van der Waals surface area (Å²) in [6.07, 6.45) is 0. The van der Waals surface area contributed by atoms with E-state index in [4.69, 9.17) is 18.2 Å². The van der Waals surface area contributed by atoms with Crippen LogP contribution in [0.15, 0.2) is 195 Å². The summed E-state index contributed by atoms with van der Waals surface area (Å²) >= 11 is 0. The number of hydrogen-bond donors (Lipinski definition) is 0. The fourth-order valence-electron chi connectivity index (χ4n) is 7.72. The molecule has 3 heterocycles. The van der Waals surface area contributed by atoms with Crippen LogP contribution in [0, 0.1) is 0 Å². The van der Waals surface area contributed by atoms with Gasteiger partial charge < -0.3 is 18.2 Å². The first-order chi connectivity index (χ1) is 26.7. The predicted octanol–water partition coefficient (Wildman–Crippen LogP) is 14.1. The summed E-state index contributed by atoms with van der Waals surface area (Å²) in [5.41, 5.74) is 13.2. The van der Waals surface area contributed by atoms with Crippen LogP contribution in [0.3, 0.4) is 0 Å². The van der Waals surface area contributed by atoms with Gasteiger partial charge in [0.1, 0.15) is 27.8 Å². The van der Waals surface area contributed by atoms with Crippen LogP contribution in [0.5, 0.6) is 0 Å². The summed E-state index contributed by atoms with van der Waals surface area (Å²) in [5, 5.41) is 4.13. The topological polar surface area (TPSA) is 55.6 Å². The monoisotopic (exact) mass is 694 g/mol. The van der Waals surface area contributed by atoms with Gasteiger partial charge in [-0.3, -0.25) is 0 Å². The van der Waals surface area contributed by atoms with Crippen LogP contribution >= 0.6 is 0 Å². The average molecular weight is 695 g/mol. The van der Waals surface area contributed by atoms with E-state index in [0.29, 0.717) is 11.5 Å². The molecular weight excluding hydrogens is 665 g/mol. The summed E-state index contributed by atoms with van der Waals surface area (Å²) in [6, 6.07) is 62.7. The van der Waals surface area contributed by atoms with Crippen LogP contribution in [0.4, 0.5) is 17.1 Å². The van der Waals surface area contributed by atoms with Crippen LogP contribution in [-0.4, -0.2) is 4.98 Å². The molecule has 0 saturated carbocycles. The zero-order valence-corrected chi connectivity index (χ0v) is 28.9. The van der Waals surface area contributed by atoms with Crippen LogP contribution < -0.4 is 4.90 Å². The van der Waals surface area contributed by atoms with Crippen molar-refractivity contribution in [3.05, 3.63) is 182 Å². The molecule has 254 valence electrons. The second-order valence-electron chi connectivity index (χ2n) is 13.5. The van der Waals surface area contributed by atoms with Gasteiger partial charge >= 0.3 is 0 Å². The number of hydrogen-bond acceptors (Lipinski definition) is 5. The van der Waals surface area contributed by atoms with E-state index >= 15 is 0 Å². The smallest absolute Gasteiger partial charge is 0.227 e. The molecule has 0 atom stereocenters. The first-order valence-corrected chi connectivity index (χ1v) is 18.0. The number of para-hydroxylation sites is 2. The number of furan rings is 2. The molecule has 11 aromatic rings. The second-order valence-corrected chi connectivity index (χ2v) is 13.5. The zero-order chi connectivity index (χ0) is 35.6.